The molecule has 0 aliphatic rings. The van der Waals surface area contributed by atoms with Crippen molar-refractivity contribution in [3.63, 3.8) is 0 Å². The molecule has 0 fully saturated rings. The second-order valence-corrected chi connectivity index (χ2v) is 6.96. The summed E-state index contributed by atoms with van der Waals surface area (Å²) >= 11 is 0. The number of benzene rings is 3. The summed E-state index contributed by atoms with van der Waals surface area (Å²) in [6.07, 6.45) is 0. The van der Waals surface area contributed by atoms with Gasteiger partial charge in [0, 0.05) is 22.4 Å². The summed E-state index contributed by atoms with van der Waals surface area (Å²) in [4.78, 5) is 25.2. The number of hydrogen-bond donors (Lipinski definition) is 2. The first-order chi connectivity index (χ1) is 14.8. The van der Waals surface area contributed by atoms with Gasteiger partial charge < -0.3 is 15.4 Å². The van der Waals surface area contributed by atoms with Gasteiger partial charge in [0.1, 0.15) is 5.75 Å². The zero-order chi connectivity index (χ0) is 22.4. The Morgan fingerprint density at radius 3 is 2.26 bits per heavy atom. The summed E-state index contributed by atoms with van der Waals surface area (Å²) in [5, 5.41) is 5.60. The molecule has 0 unspecified atom stereocenters. The molecule has 0 bridgehead atoms. The zero-order valence-corrected chi connectivity index (χ0v) is 17.1. The zero-order valence-electron chi connectivity index (χ0n) is 17.1. The fraction of sp³-hybridized carbons (Fsp3) is 0.167. The van der Waals surface area contributed by atoms with Gasteiger partial charge in [-0.1, -0.05) is 42.5 Å². The standard InChI is InChI=1S/C24H22F2N2O3/c1-15-12-13-18(14-20(15)28-22(29)17-8-4-3-5-9-17)23(30)27-16(2)19-10-6-7-11-21(19)31-24(25)26/h3-14,16,24H,1-2H3,(H,27,30)(H,28,29)/t16-/m0/s1. The van der Waals surface area contributed by atoms with Crippen LogP contribution >= 0.6 is 0 Å². The minimum atomic E-state index is -2.96. The predicted octanol–water partition coefficient (Wildman–Crippen LogP) is 5.34. The predicted molar refractivity (Wildman–Crippen MR) is 115 cm³/mol. The number of para-hydroxylation sites is 1. The summed E-state index contributed by atoms with van der Waals surface area (Å²) in [6, 6.07) is 19.4. The first-order valence-corrected chi connectivity index (χ1v) is 9.67. The van der Waals surface area contributed by atoms with E-state index in [0.717, 1.165) is 5.56 Å². The van der Waals surface area contributed by atoms with Crippen LogP contribution in [0.15, 0.2) is 72.8 Å². The lowest BCUT2D eigenvalue weighted by molar-refractivity contribution is -0.0506. The largest absolute Gasteiger partial charge is 0.434 e. The van der Waals surface area contributed by atoms with Gasteiger partial charge in [0.2, 0.25) is 0 Å². The smallest absolute Gasteiger partial charge is 0.387 e. The second-order valence-electron chi connectivity index (χ2n) is 6.96. The topological polar surface area (TPSA) is 67.4 Å². The fourth-order valence-corrected chi connectivity index (χ4v) is 3.08. The normalized spacial score (nSPS) is 11.6. The molecule has 3 aromatic carbocycles. The third-order valence-electron chi connectivity index (χ3n) is 4.73. The maximum absolute atomic E-state index is 12.8. The molecule has 0 saturated heterocycles. The molecule has 0 spiro atoms. The van der Waals surface area contributed by atoms with Crippen molar-refractivity contribution in [1.29, 1.82) is 0 Å². The highest BCUT2D eigenvalue weighted by atomic mass is 19.3. The summed E-state index contributed by atoms with van der Waals surface area (Å²) in [5.74, 6) is -0.688. The maximum atomic E-state index is 12.8. The summed E-state index contributed by atoms with van der Waals surface area (Å²) in [7, 11) is 0. The van der Waals surface area contributed by atoms with Crippen molar-refractivity contribution >= 4 is 17.5 Å². The highest BCUT2D eigenvalue weighted by Gasteiger charge is 2.18. The SMILES string of the molecule is Cc1ccc(C(=O)N[C@@H](C)c2ccccc2OC(F)F)cc1NC(=O)c1ccccc1. The molecule has 7 heteroatoms. The molecule has 0 heterocycles. The minimum Gasteiger partial charge on any atom is -0.434 e. The summed E-state index contributed by atoms with van der Waals surface area (Å²) < 4.78 is 29.9. The molecular weight excluding hydrogens is 402 g/mol. The van der Waals surface area contributed by atoms with Crippen LogP contribution in [0.4, 0.5) is 14.5 Å². The van der Waals surface area contributed by atoms with Crippen molar-refractivity contribution in [3.05, 3.63) is 95.1 Å². The van der Waals surface area contributed by atoms with Crippen molar-refractivity contribution in [3.8, 4) is 5.75 Å². The van der Waals surface area contributed by atoms with E-state index in [1.807, 2.05) is 13.0 Å². The highest BCUT2D eigenvalue weighted by molar-refractivity contribution is 6.05. The molecule has 3 aromatic rings. The molecule has 0 radical (unpaired) electrons. The number of ether oxygens (including phenoxy) is 1. The second kappa shape index (κ2) is 9.84. The Kier molecular flexibility index (Phi) is 6.97. The van der Waals surface area contributed by atoms with Crippen molar-refractivity contribution < 1.29 is 23.1 Å². The van der Waals surface area contributed by atoms with Crippen molar-refractivity contribution in [1.82, 2.24) is 5.32 Å². The van der Waals surface area contributed by atoms with Crippen LogP contribution < -0.4 is 15.4 Å². The number of amides is 2. The van der Waals surface area contributed by atoms with E-state index < -0.39 is 18.6 Å². The molecule has 2 N–H and O–H groups in total. The lowest BCUT2D eigenvalue weighted by Gasteiger charge is -2.18. The third-order valence-corrected chi connectivity index (χ3v) is 4.73. The lowest BCUT2D eigenvalue weighted by atomic mass is 10.1. The Hall–Kier alpha value is -3.74. The van der Waals surface area contributed by atoms with Crippen LogP contribution in [0.25, 0.3) is 0 Å². The molecule has 0 aliphatic carbocycles. The van der Waals surface area contributed by atoms with Gasteiger partial charge >= 0.3 is 6.61 Å². The van der Waals surface area contributed by atoms with Crippen LogP contribution in [-0.4, -0.2) is 18.4 Å². The van der Waals surface area contributed by atoms with Gasteiger partial charge in [-0.05, 0) is 49.7 Å². The Bertz CT molecular complexity index is 1070. The van der Waals surface area contributed by atoms with Gasteiger partial charge in [0.25, 0.3) is 11.8 Å². The molecule has 2 amide bonds. The van der Waals surface area contributed by atoms with E-state index in [9.17, 15) is 18.4 Å². The molecule has 0 aromatic heterocycles. The van der Waals surface area contributed by atoms with Crippen LogP contribution in [-0.2, 0) is 0 Å². The van der Waals surface area contributed by atoms with Gasteiger partial charge in [-0.2, -0.15) is 8.78 Å². The van der Waals surface area contributed by atoms with Gasteiger partial charge in [-0.15, -0.1) is 0 Å². The highest BCUT2D eigenvalue weighted by Crippen LogP contribution is 2.27. The lowest BCUT2D eigenvalue weighted by Crippen LogP contribution is -2.27. The van der Waals surface area contributed by atoms with E-state index >= 15 is 0 Å². The molecule has 31 heavy (non-hydrogen) atoms. The molecular formula is C24H22F2N2O3. The summed E-state index contributed by atoms with van der Waals surface area (Å²) in [6.45, 7) is 0.540. The van der Waals surface area contributed by atoms with Crippen molar-refractivity contribution in [2.45, 2.75) is 26.5 Å². The number of hydrogen-bond acceptors (Lipinski definition) is 3. The molecule has 3 rings (SSSR count). The van der Waals surface area contributed by atoms with Gasteiger partial charge in [-0.3, -0.25) is 9.59 Å². The third kappa shape index (κ3) is 5.66. The van der Waals surface area contributed by atoms with E-state index in [4.69, 9.17) is 0 Å². The summed E-state index contributed by atoms with van der Waals surface area (Å²) in [5.41, 5.74) is 2.56. The number of aryl methyl sites for hydroxylation is 1. The van der Waals surface area contributed by atoms with Crippen LogP contribution in [0, 0.1) is 6.92 Å². The van der Waals surface area contributed by atoms with Gasteiger partial charge in [-0.25, -0.2) is 0 Å². The van der Waals surface area contributed by atoms with Crippen molar-refractivity contribution in [2.24, 2.45) is 0 Å². The van der Waals surface area contributed by atoms with E-state index in [1.54, 1.807) is 67.6 Å². The van der Waals surface area contributed by atoms with E-state index in [2.05, 4.69) is 15.4 Å². The Morgan fingerprint density at radius 2 is 1.55 bits per heavy atom. The Morgan fingerprint density at radius 1 is 0.871 bits per heavy atom. The number of carbonyl (C=O) groups excluding carboxylic acids is 2. The number of rotatable bonds is 7. The fourth-order valence-electron chi connectivity index (χ4n) is 3.08. The number of nitrogens with one attached hydrogen (secondary N) is 2. The minimum absolute atomic E-state index is 0.00465. The maximum Gasteiger partial charge on any atom is 0.387 e. The number of alkyl halides is 2. The number of halogens is 2. The number of carbonyl (C=O) groups is 2. The molecule has 0 saturated carbocycles. The molecule has 0 aliphatic heterocycles. The monoisotopic (exact) mass is 424 g/mol. The quantitative estimate of drug-likeness (QED) is 0.538. The first-order valence-electron chi connectivity index (χ1n) is 9.67. The Balaban J connectivity index is 1.75. The van der Waals surface area contributed by atoms with Crippen LogP contribution in [0.2, 0.25) is 0 Å². The van der Waals surface area contributed by atoms with E-state index in [-0.39, 0.29) is 11.7 Å². The Labute approximate surface area is 179 Å². The molecule has 1 atom stereocenters. The average Bonchev–Trinajstić information content (AvgIpc) is 2.75. The number of anilines is 1. The van der Waals surface area contributed by atoms with Gasteiger partial charge in [0.05, 0.1) is 6.04 Å². The first kappa shape index (κ1) is 22.0. The van der Waals surface area contributed by atoms with Crippen molar-refractivity contribution in [2.75, 3.05) is 5.32 Å². The van der Waals surface area contributed by atoms with E-state index in [1.165, 1.54) is 6.07 Å². The average molecular weight is 424 g/mol. The van der Waals surface area contributed by atoms with Gasteiger partial charge in [0.15, 0.2) is 0 Å². The molecule has 5 nitrogen and oxygen atoms in total. The van der Waals surface area contributed by atoms with Crippen LogP contribution in [0.3, 0.4) is 0 Å². The van der Waals surface area contributed by atoms with Crippen LogP contribution in [0.5, 0.6) is 5.75 Å². The van der Waals surface area contributed by atoms with Crippen LogP contribution in [0.1, 0.15) is 44.8 Å². The van der Waals surface area contributed by atoms with E-state index in [0.29, 0.717) is 22.4 Å². The molecule has 160 valence electrons.